The van der Waals surface area contributed by atoms with Crippen LogP contribution in [0.2, 0.25) is 0 Å². The van der Waals surface area contributed by atoms with Crippen molar-refractivity contribution in [2.24, 2.45) is 5.92 Å². The highest BCUT2D eigenvalue weighted by atomic mass is 16.5. The predicted octanol–water partition coefficient (Wildman–Crippen LogP) is 4.90. The Bertz CT molecular complexity index is 359. The van der Waals surface area contributed by atoms with E-state index in [0.29, 0.717) is 5.92 Å². The third-order valence-electron chi connectivity index (χ3n) is 3.57. The van der Waals surface area contributed by atoms with Gasteiger partial charge in [-0.2, -0.15) is 0 Å². The van der Waals surface area contributed by atoms with Crippen LogP contribution in [0.5, 0.6) is 0 Å². The Morgan fingerprint density at radius 3 is 2.42 bits per heavy atom. The van der Waals surface area contributed by atoms with Crippen LogP contribution in [0.1, 0.15) is 64.5 Å². The average Bonchev–Trinajstić information content (AvgIpc) is 2.42. The number of hydrogen-bond acceptors (Lipinski definition) is 2. The maximum atomic E-state index is 11.3. The van der Waals surface area contributed by atoms with Gasteiger partial charge in [0.2, 0.25) is 0 Å². The van der Waals surface area contributed by atoms with Crippen molar-refractivity contribution in [3.63, 3.8) is 0 Å². The first-order valence-corrected chi connectivity index (χ1v) is 7.39. The largest absolute Gasteiger partial charge is 0.458 e. The van der Waals surface area contributed by atoms with E-state index >= 15 is 0 Å². The molecule has 0 bridgehead atoms. The molecule has 2 nitrogen and oxygen atoms in total. The third-order valence-corrected chi connectivity index (χ3v) is 3.57. The third kappa shape index (κ3) is 5.91. The van der Waals surface area contributed by atoms with Crippen LogP contribution < -0.4 is 0 Å². The summed E-state index contributed by atoms with van der Waals surface area (Å²) in [6.45, 7) is 5.92. The Kier molecular flexibility index (Phi) is 7.24. The summed E-state index contributed by atoms with van der Waals surface area (Å²) in [7, 11) is 0. The summed E-state index contributed by atoms with van der Waals surface area (Å²) in [5.74, 6) is 0.434. The minimum atomic E-state index is -0.195. The minimum absolute atomic E-state index is 0.0968. The van der Waals surface area contributed by atoms with E-state index in [4.69, 9.17) is 4.74 Å². The van der Waals surface area contributed by atoms with E-state index in [1.54, 1.807) is 0 Å². The highest BCUT2D eigenvalue weighted by molar-refractivity contribution is 5.66. The van der Waals surface area contributed by atoms with E-state index in [2.05, 4.69) is 13.8 Å². The number of unbranched alkanes of at least 4 members (excludes halogenated alkanes) is 1. The van der Waals surface area contributed by atoms with Crippen LogP contribution in [0.15, 0.2) is 30.3 Å². The van der Waals surface area contributed by atoms with Gasteiger partial charge in [-0.3, -0.25) is 4.79 Å². The lowest BCUT2D eigenvalue weighted by atomic mass is 9.90. The van der Waals surface area contributed by atoms with Crippen molar-refractivity contribution in [2.45, 2.75) is 59.0 Å². The molecule has 19 heavy (non-hydrogen) atoms. The van der Waals surface area contributed by atoms with Crippen LogP contribution in [0.3, 0.4) is 0 Å². The molecule has 0 aliphatic carbocycles. The van der Waals surface area contributed by atoms with E-state index < -0.39 is 0 Å². The Hall–Kier alpha value is -1.31. The lowest BCUT2D eigenvalue weighted by Gasteiger charge is -2.23. The number of carbonyl (C=O) groups is 1. The van der Waals surface area contributed by atoms with E-state index in [-0.39, 0.29) is 12.1 Å². The summed E-state index contributed by atoms with van der Waals surface area (Å²) in [4.78, 5) is 11.3. The normalized spacial score (nSPS) is 13.8. The van der Waals surface area contributed by atoms with Gasteiger partial charge in [0.25, 0.3) is 0 Å². The zero-order chi connectivity index (χ0) is 14.1. The molecule has 0 amide bonds. The number of hydrogen-bond donors (Lipinski definition) is 0. The molecule has 0 aromatic heterocycles. The topological polar surface area (TPSA) is 26.3 Å². The van der Waals surface area contributed by atoms with E-state index in [1.165, 1.54) is 26.2 Å². The standard InChI is InChI=1S/C17H26O2/c1-4-6-10-15(5-2)13-17(19-14(3)18)16-11-8-7-9-12-16/h7-9,11-12,15,17H,4-6,10,13H2,1-3H3. The molecule has 0 saturated heterocycles. The van der Waals surface area contributed by atoms with Crippen LogP contribution in [0.25, 0.3) is 0 Å². The first-order valence-electron chi connectivity index (χ1n) is 7.39. The molecule has 1 aromatic carbocycles. The Balaban J connectivity index is 2.71. The lowest BCUT2D eigenvalue weighted by Crippen LogP contribution is -2.13. The fourth-order valence-corrected chi connectivity index (χ4v) is 2.40. The Morgan fingerprint density at radius 2 is 1.89 bits per heavy atom. The molecule has 2 unspecified atom stereocenters. The first-order chi connectivity index (χ1) is 9.17. The molecule has 0 saturated carbocycles. The van der Waals surface area contributed by atoms with Gasteiger partial charge in [-0.05, 0) is 17.9 Å². The zero-order valence-electron chi connectivity index (χ0n) is 12.4. The quantitative estimate of drug-likeness (QED) is 0.623. The number of ether oxygens (including phenoxy) is 1. The van der Waals surface area contributed by atoms with Crippen LogP contribution in [0.4, 0.5) is 0 Å². The van der Waals surface area contributed by atoms with Gasteiger partial charge in [-0.1, -0.05) is 69.9 Å². The van der Waals surface area contributed by atoms with Crippen molar-refractivity contribution in [1.29, 1.82) is 0 Å². The maximum absolute atomic E-state index is 11.3. The molecule has 0 fully saturated rings. The van der Waals surface area contributed by atoms with E-state index in [9.17, 15) is 4.79 Å². The van der Waals surface area contributed by atoms with Gasteiger partial charge in [0.1, 0.15) is 6.10 Å². The number of esters is 1. The predicted molar refractivity (Wildman–Crippen MR) is 78.9 cm³/mol. The summed E-state index contributed by atoms with van der Waals surface area (Å²) < 4.78 is 5.51. The molecular formula is C17H26O2. The van der Waals surface area contributed by atoms with Crippen molar-refractivity contribution < 1.29 is 9.53 Å². The fourth-order valence-electron chi connectivity index (χ4n) is 2.40. The van der Waals surface area contributed by atoms with Gasteiger partial charge in [-0.15, -0.1) is 0 Å². The van der Waals surface area contributed by atoms with Crippen LogP contribution in [0, 0.1) is 5.92 Å². The number of rotatable bonds is 8. The van der Waals surface area contributed by atoms with Crippen molar-refractivity contribution >= 4 is 5.97 Å². The molecule has 0 N–H and O–H groups in total. The molecule has 0 aliphatic rings. The van der Waals surface area contributed by atoms with E-state index in [1.807, 2.05) is 30.3 Å². The second-order valence-corrected chi connectivity index (χ2v) is 5.16. The zero-order valence-corrected chi connectivity index (χ0v) is 12.4. The molecular weight excluding hydrogens is 236 g/mol. The van der Waals surface area contributed by atoms with Crippen molar-refractivity contribution in [3.8, 4) is 0 Å². The van der Waals surface area contributed by atoms with E-state index in [0.717, 1.165) is 18.4 Å². The minimum Gasteiger partial charge on any atom is -0.458 e. The Morgan fingerprint density at radius 1 is 1.21 bits per heavy atom. The number of carbonyl (C=O) groups excluding carboxylic acids is 1. The van der Waals surface area contributed by atoms with Gasteiger partial charge in [0, 0.05) is 6.92 Å². The fraction of sp³-hybridized carbons (Fsp3) is 0.588. The average molecular weight is 262 g/mol. The van der Waals surface area contributed by atoms with Crippen molar-refractivity contribution in [1.82, 2.24) is 0 Å². The molecule has 1 rings (SSSR count). The summed E-state index contributed by atoms with van der Waals surface area (Å²) in [6, 6.07) is 10.1. The van der Waals surface area contributed by atoms with Crippen LogP contribution >= 0.6 is 0 Å². The highest BCUT2D eigenvalue weighted by Gasteiger charge is 2.19. The number of benzene rings is 1. The van der Waals surface area contributed by atoms with Crippen LogP contribution in [-0.2, 0) is 9.53 Å². The highest BCUT2D eigenvalue weighted by Crippen LogP contribution is 2.29. The molecule has 2 heteroatoms. The smallest absolute Gasteiger partial charge is 0.303 e. The summed E-state index contributed by atoms with van der Waals surface area (Å²) in [6.07, 6.45) is 5.67. The second kappa shape index (κ2) is 8.73. The molecule has 0 radical (unpaired) electrons. The first kappa shape index (κ1) is 15.7. The molecule has 0 spiro atoms. The van der Waals surface area contributed by atoms with Crippen LogP contribution in [-0.4, -0.2) is 5.97 Å². The summed E-state index contributed by atoms with van der Waals surface area (Å²) >= 11 is 0. The SMILES string of the molecule is CCCCC(CC)CC(OC(C)=O)c1ccccc1. The van der Waals surface area contributed by atoms with Gasteiger partial charge in [0.15, 0.2) is 0 Å². The van der Waals surface area contributed by atoms with Crippen molar-refractivity contribution in [2.75, 3.05) is 0 Å². The van der Waals surface area contributed by atoms with Gasteiger partial charge < -0.3 is 4.74 Å². The molecule has 0 heterocycles. The lowest BCUT2D eigenvalue weighted by molar-refractivity contribution is -0.147. The van der Waals surface area contributed by atoms with Gasteiger partial charge >= 0.3 is 5.97 Å². The molecule has 0 aliphatic heterocycles. The summed E-state index contributed by atoms with van der Waals surface area (Å²) in [5, 5.41) is 0. The summed E-state index contributed by atoms with van der Waals surface area (Å²) in [5.41, 5.74) is 1.10. The van der Waals surface area contributed by atoms with Gasteiger partial charge in [-0.25, -0.2) is 0 Å². The van der Waals surface area contributed by atoms with Crippen molar-refractivity contribution in [3.05, 3.63) is 35.9 Å². The molecule has 1 aromatic rings. The molecule has 2 atom stereocenters. The second-order valence-electron chi connectivity index (χ2n) is 5.16. The Labute approximate surface area is 117 Å². The molecule has 106 valence electrons. The maximum Gasteiger partial charge on any atom is 0.303 e. The monoisotopic (exact) mass is 262 g/mol. The van der Waals surface area contributed by atoms with Gasteiger partial charge in [0.05, 0.1) is 0 Å².